The Kier molecular flexibility index (Phi) is 6.45. The van der Waals surface area contributed by atoms with Crippen molar-refractivity contribution in [2.45, 2.75) is 19.3 Å². The summed E-state index contributed by atoms with van der Waals surface area (Å²) in [6.45, 7) is 0.667. The Hall–Kier alpha value is -4.87. The molecule has 0 aliphatic rings. The Morgan fingerprint density at radius 1 is 1.03 bits per heavy atom. The van der Waals surface area contributed by atoms with Crippen LogP contribution in [0.15, 0.2) is 66.7 Å². The monoisotopic (exact) mass is 521 g/mol. The SMILES string of the molecule is N=C(N)c1ccc2nc(Cc3nc4ccccc4n3CCNC(=O)c3ccc(OC(F)(F)F)cc3)[nH]c2c1. The number of amidine groups is 1. The minimum atomic E-state index is -4.80. The van der Waals surface area contributed by atoms with Gasteiger partial charge in [-0.3, -0.25) is 10.2 Å². The third kappa shape index (κ3) is 5.43. The van der Waals surface area contributed by atoms with Crippen molar-refractivity contribution in [1.29, 1.82) is 5.41 Å². The summed E-state index contributed by atoms with van der Waals surface area (Å²) >= 11 is 0. The Morgan fingerprint density at radius 3 is 2.50 bits per heavy atom. The molecule has 9 nitrogen and oxygen atoms in total. The van der Waals surface area contributed by atoms with Gasteiger partial charge < -0.3 is 25.3 Å². The number of amides is 1. The molecule has 5 rings (SSSR count). The Bertz CT molecular complexity index is 1640. The number of aromatic amines is 1. The number of aromatic nitrogens is 4. The van der Waals surface area contributed by atoms with E-state index in [0.717, 1.165) is 40.0 Å². The summed E-state index contributed by atoms with van der Waals surface area (Å²) in [5.41, 5.74) is 9.58. The van der Waals surface area contributed by atoms with E-state index in [1.807, 2.05) is 28.8 Å². The molecule has 0 spiro atoms. The van der Waals surface area contributed by atoms with Crippen LogP contribution in [0.25, 0.3) is 22.1 Å². The van der Waals surface area contributed by atoms with E-state index in [1.54, 1.807) is 18.2 Å². The van der Waals surface area contributed by atoms with Gasteiger partial charge in [0, 0.05) is 24.2 Å². The Balaban J connectivity index is 1.31. The van der Waals surface area contributed by atoms with Gasteiger partial charge in [-0.25, -0.2) is 9.97 Å². The van der Waals surface area contributed by atoms with Gasteiger partial charge in [-0.1, -0.05) is 12.1 Å². The zero-order chi connectivity index (χ0) is 26.9. The van der Waals surface area contributed by atoms with E-state index in [2.05, 4.69) is 20.0 Å². The molecule has 2 heterocycles. The van der Waals surface area contributed by atoms with Crippen molar-refractivity contribution in [3.63, 3.8) is 0 Å². The molecule has 0 fully saturated rings. The topological polar surface area (TPSA) is 135 Å². The number of para-hydroxylation sites is 2. The van der Waals surface area contributed by atoms with Gasteiger partial charge in [-0.2, -0.15) is 0 Å². The van der Waals surface area contributed by atoms with Gasteiger partial charge in [0.25, 0.3) is 5.91 Å². The molecule has 0 bridgehead atoms. The number of halogens is 3. The van der Waals surface area contributed by atoms with E-state index < -0.39 is 18.0 Å². The van der Waals surface area contributed by atoms with Crippen LogP contribution in [0.4, 0.5) is 13.2 Å². The fourth-order valence-electron chi connectivity index (χ4n) is 4.16. The van der Waals surface area contributed by atoms with Gasteiger partial charge in [-0.05, 0) is 54.6 Å². The Labute approximate surface area is 214 Å². The second-order valence-electron chi connectivity index (χ2n) is 8.50. The molecule has 3 aromatic carbocycles. The van der Waals surface area contributed by atoms with Gasteiger partial charge >= 0.3 is 6.36 Å². The molecule has 0 radical (unpaired) electrons. The van der Waals surface area contributed by atoms with Crippen LogP contribution in [-0.2, 0) is 13.0 Å². The summed E-state index contributed by atoms with van der Waals surface area (Å²) < 4.78 is 42.9. The molecule has 0 atom stereocenters. The molecule has 0 unspecified atom stereocenters. The van der Waals surface area contributed by atoms with Gasteiger partial charge in [0.2, 0.25) is 0 Å². The average molecular weight is 522 g/mol. The first-order valence-electron chi connectivity index (χ1n) is 11.6. The highest BCUT2D eigenvalue weighted by Crippen LogP contribution is 2.23. The number of carbonyl (C=O) groups is 1. The normalized spacial score (nSPS) is 11.7. The summed E-state index contributed by atoms with van der Waals surface area (Å²) in [6.07, 6.45) is -4.40. The molecule has 0 aliphatic carbocycles. The summed E-state index contributed by atoms with van der Waals surface area (Å²) in [5.74, 6) is 0.569. The lowest BCUT2D eigenvalue weighted by molar-refractivity contribution is -0.274. The van der Waals surface area contributed by atoms with Crippen LogP contribution in [-0.4, -0.2) is 44.2 Å². The molecule has 5 N–H and O–H groups in total. The number of nitrogens with zero attached hydrogens (tertiary/aromatic N) is 3. The van der Waals surface area contributed by atoms with E-state index in [9.17, 15) is 18.0 Å². The van der Waals surface area contributed by atoms with E-state index in [-0.39, 0.29) is 17.9 Å². The maximum absolute atomic E-state index is 12.5. The molecule has 5 aromatic rings. The minimum Gasteiger partial charge on any atom is -0.406 e. The maximum Gasteiger partial charge on any atom is 0.573 e. The third-order valence-electron chi connectivity index (χ3n) is 5.87. The van der Waals surface area contributed by atoms with Crippen molar-refractivity contribution in [1.82, 2.24) is 24.8 Å². The van der Waals surface area contributed by atoms with E-state index in [4.69, 9.17) is 16.1 Å². The molecule has 194 valence electrons. The highest BCUT2D eigenvalue weighted by molar-refractivity contribution is 5.98. The molecule has 12 heteroatoms. The standard InChI is InChI=1S/C26H22F3N7O2/c27-26(28,29)38-17-8-5-15(6-9-17)25(37)32-11-12-36-21-4-2-1-3-19(21)35-23(36)14-22-33-18-10-7-16(24(30)31)13-20(18)34-22/h1-10,13H,11-12,14H2,(H3,30,31)(H,32,37)(H,33,34). The number of hydrogen-bond acceptors (Lipinski definition) is 5. The summed E-state index contributed by atoms with van der Waals surface area (Å²) in [6, 6.07) is 17.7. The molecule has 0 aliphatic heterocycles. The number of imidazole rings is 2. The van der Waals surface area contributed by atoms with Crippen molar-refractivity contribution in [2.24, 2.45) is 5.73 Å². The number of rotatable bonds is 8. The largest absolute Gasteiger partial charge is 0.573 e. The lowest BCUT2D eigenvalue weighted by Gasteiger charge is -2.11. The number of hydrogen-bond donors (Lipinski definition) is 4. The van der Waals surface area contributed by atoms with Crippen molar-refractivity contribution >= 4 is 33.8 Å². The number of alkyl halides is 3. The summed E-state index contributed by atoms with van der Waals surface area (Å²) in [7, 11) is 0. The van der Waals surface area contributed by atoms with Crippen molar-refractivity contribution < 1.29 is 22.7 Å². The highest BCUT2D eigenvalue weighted by atomic mass is 19.4. The first kappa shape index (κ1) is 24.8. The number of benzene rings is 3. The van der Waals surface area contributed by atoms with Gasteiger partial charge in [0.1, 0.15) is 23.2 Å². The first-order valence-corrected chi connectivity index (χ1v) is 11.6. The number of nitrogens with two attached hydrogens (primary N) is 1. The van der Waals surface area contributed by atoms with Gasteiger partial charge in [0.05, 0.1) is 28.5 Å². The zero-order valence-corrected chi connectivity index (χ0v) is 19.8. The van der Waals surface area contributed by atoms with E-state index in [0.29, 0.717) is 24.4 Å². The van der Waals surface area contributed by atoms with Crippen LogP contribution in [0.2, 0.25) is 0 Å². The fraction of sp³-hybridized carbons (Fsp3) is 0.154. The second kappa shape index (κ2) is 9.88. The molecule has 0 saturated carbocycles. The fourth-order valence-corrected chi connectivity index (χ4v) is 4.16. The molecule has 1 amide bonds. The number of fused-ring (bicyclic) bond motifs is 2. The number of nitrogens with one attached hydrogen (secondary N) is 3. The smallest absolute Gasteiger partial charge is 0.406 e. The minimum absolute atomic E-state index is 0.0301. The predicted molar refractivity (Wildman–Crippen MR) is 135 cm³/mol. The summed E-state index contributed by atoms with van der Waals surface area (Å²) in [5, 5.41) is 10.4. The molecular weight excluding hydrogens is 499 g/mol. The zero-order valence-electron chi connectivity index (χ0n) is 19.8. The van der Waals surface area contributed by atoms with Crippen LogP contribution in [0.5, 0.6) is 5.75 Å². The molecular formula is C26H22F3N7O2. The van der Waals surface area contributed by atoms with Gasteiger partial charge in [0.15, 0.2) is 0 Å². The van der Waals surface area contributed by atoms with Crippen molar-refractivity contribution in [2.75, 3.05) is 6.54 Å². The van der Waals surface area contributed by atoms with E-state index >= 15 is 0 Å². The average Bonchev–Trinajstić information content (AvgIpc) is 3.43. The Morgan fingerprint density at radius 2 is 1.76 bits per heavy atom. The van der Waals surface area contributed by atoms with Gasteiger partial charge in [-0.15, -0.1) is 13.2 Å². The van der Waals surface area contributed by atoms with Crippen LogP contribution in [0.1, 0.15) is 27.6 Å². The number of nitrogen functional groups attached to an aromatic ring is 1. The van der Waals surface area contributed by atoms with Crippen LogP contribution in [0, 0.1) is 5.41 Å². The number of H-pyrrole nitrogens is 1. The molecule has 38 heavy (non-hydrogen) atoms. The maximum atomic E-state index is 12.5. The molecule has 0 saturated heterocycles. The van der Waals surface area contributed by atoms with Crippen molar-refractivity contribution in [3.05, 3.63) is 89.5 Å². The lowest BCUT2D eigenvalue weighted by Crippen LogP contribution is -2.27. The number of ether oxygens (including phenoxy) is 1. The van der Waals surface area contributed by atoms with Crippen LogP contribution in [0.3, 0.4) is 0 Å². The second-order valence-corrected chi connectivity index (χ2v) is 8.50. The molecule has 2 aromatic heterocycles. The van der Waals surface area contributed by atoms with Crippen LogP contribution >= 0.6 is 0 Å². The lowest BCUT2D eigenvalue weighted by atomic mass is 10.2. The quantitative estimate of drug-likeness (QED) is 0.180. The number of carbonyl (C=O) groups excluding carboxylic acids is 1. The highest BCUT2D eigenvalue weighted by Gasteiger charge is 2.31. The van der Waals surface area contributed by atoms with Crippen molar-refractivity contribution in [3.8, 4) is 5.75 Å². The van der Waals surface area contributed by atoms with E-state index in [1.165, 1.54) is 12.1 Å². The summed E-state index contributed by atoms with van der Waals surface area (Å²) in [4.78, 5) is 25.2. The first-order chi connectivity index (χ1) is 18.2. The predicted octanol–water partition coefficient (Wildman–Crippen LogP) is 4.12. The third-order valence-corrected chi connectivity index (χ3v) is 5.87. The van der Waals surface area contributed by atoms with Crippen LogP contribution < -0.4 is 15.8 Å².